The van der Waals surface area contributed by atoms with Crippen molar-refractivity contribution in [2.24, 2.45) is 41.4 Å². The first-order chi connectivity index (χ1) is 16.0. The lowest BCUT2D eigenvalue weighted by Gasteiger charge is -2.50. The van der Waals surface area contributed by atoms with Gasteiger partial charge in [-0.1, -0.05) is 69.2 Å². The van der Waals surface area contributed by atoms with Gasteiger partial charge in [0.1, 0.15) is 6.10 Å². The first-order valence-electron chi connectivity index (χ1n) is 14.0. The molecule has 0 spiro atoms. The monoisotopic (exact) mass is 484 g/mol. The van der Waals surface area contributed by atoms with Crippen molar-refractivity contribution in [1.29, 1.82) is 0 Å². The molecule has 0 radical (unpaired) electrons. The number of aliphatic hydroxyl groups excluding tert-OH is 1. The largest absolute Gasteiger partial charge is 0.366 e. The van der Waals surface area contributed by atoms with Crippen LogP contribution >= 0.6 is 0 Å². The van der Waals surface area contributed by atoms with Gasteiger partial charge in [-0.15, -0.1) is 0 Å². The van der Waals surface area contributed by atoms with Crippen LogP contribution < -0.4 is 0 Å². The van der Waals surface area contributed by atoms with Gasteiger partial charge in [-0.05, 0) is 42.9 Å². The maximum Gasteiger partial charge on any atom is 0.184 e. The van der Waals surface area contributed by atoms with E-state index in [9.17, 15) is 5.11 Å². The van der Waals surface area contributed by atoms with E-state index in [1.807, 2.05) is 0 Å². The Labute approximate surface area is 208 Å². The van der Waals surface area contributed by atoms with E-state index < -0.39 is 18.7 Å². The molecule has 3 fully saturated rings. The van der Waals surface area contributed by atoms with Crippen molar-refractivity contribution >= 4 is 0 Å². The predicted molar refractivity (Wildman–Crippen MR) is 133 cm³/mol. The molecule has 0 aromatic heterocycles. The topological polar surface area (TPSA) is 66.4 Å². The van der Waals surface area contributed by atoms with Crippen LogP contribution in [0.25, 0.3) is 0 Å². The van der Waals surface area contributed by atoms with Crippen LogP contribution in [0.2, 0.25) is 0 Å². The summed E-state index contributed by atoms with van der Waals surface area (Å²) in [4.78, 5) is 0. The Morgan fingerprint density at radius 3 is 1.29 bits per heavy atom. The number of aliphatic hydroxyl groups is 1. The second-order valence-electron chi connectivity index (χ2n) is 11.6. The SMILES string of the molecule is CCC1O[C@@H](O[C@@H]2C(O[C@@H]3O[C@@H](CC)[C@@H](C)C(C)C3C)[C@@H](O)OC(CC)[C@H]2C)C(C)[C@@H](C)[C@@H]1C. The molecule has 3 saturated heterocycles. The standard InChI is InChI=1S/C28H52O6/c1-11-21-16(6)14(4)18(8)27(31-21)33-24-20(10)23(13-3)30-26(29)25(24)34-28-19(9)15(5)17(7)22(12-2)32-28/h14-29H,11-13H2,1-10H3/t14-,15?,16-,17-,18?,19?,20+,21?,22-,23?,24-,25?,26-,27-,28-/m0/s1. The van der Waals surface area contributed by atoms with E-state index in [1.54, 1.807) is 0 Å². The summed E-state index contributed by atoms with van der Waals surface area (Å²) in [7, 11) is 0. The maximum atomic E-state index is 11.1. The van der Waals surface area contributed by atoms with Crippen molar-refractivity contribution in [3.63, 3.8) is 0 Å². The van der Waals surface area contributed by atoms with Crippen LogP contribution in [0.4, 0.5) is 0 Å². The highest BCUT2D eigenvalue weighted by molar-refractivity contribution is 4.92. The molecule has 1 N–H and O–H groups in total. The van der Waals surface area contributed by atoms with E-state index >= 15 is 0 Å². The zero-order valence-electron chi connectivity index (χ0n) is 23.3. The van der Waals surface area contributed by atoms with Crippen LogP contribution in [-0.4, -0.2) is 54.5 Å². The van der Waals surface area contributed by atoms with Crippen LogP contribution in [0.5, 0.6) is 0 Å². The third-order valence-electron chi connectivity index (χ3n) is 9.78. The molecule has 34 heavy (non-hydrogen) atoms. The Morgan fingerprint density at radius 2 is 0.882 bits per heavy atom. The van der Waals surface area contributed by atoms with Crippen molar-refractivity contribution in [3.8, 4) is 0 Å². The first kappa shape index (κ1) is 28.3. The van der Waals surface area contributed by atoms with E-state index in [0.717, 1.165) is 19.3 Å². The molecular formula is C28H52O6. The van der Waals surface area contributed by atoms with Crippen molar-refractivity contribution in [2.75, 3.05) is 0 Å². The summed E-state index contributed by atoms with van der Waals surface area (Å²) in [5.74, 6) is 2.41. The molecule has 6 unspecified atom stereocenters. The fourth-order valence-corrected chi connectivity index (χ4v) is 6.40. The molecule has 3 heterocycles. The molecule has 0 saturated carbocycles. The van der Waals surface area contributed by atoms with Crippen LogP contribution in [-0.2, 0) is 23.7 Å². The van der Waals surface area contributed by atoms with Crippen molar-refractivity contribution < 1.29 is 28.8 Å². The van der Waals surface area contributed by atoms with Crippen LogP contribution in [0.15, 0.2) is 0 Å². The van der Waals surface area contributed by atoms with E-state index in [2.05, 4.69) is 69.2 Å². The number of hydrogen-bond donors (Lipinski definition) is 1. The Kier molecular flexibility index (Phi) is 9.89. The Morgan fingerprint density at radius 1 is 0.500 bits per heavy atom. The van der Waals surface area contributed by atoms with E-state index in [4.69, 9.17) is 23.7 Å². The van der Waals surface area contributed by atoms with Gasteiger partial charge in [0, 0.05) is 17.8 Å². The van der Waals surface area contributed by atoms with Gasteiger partial charge in [0.05, 0.1) is 24.4 Å². The Bertz CT molecular complexity index is 626. The lowest BCUT2D eigenvalue weighted by molar-refractivity contribution is -0.364. The van der Waals surface area contributed by atoms with Crippen LogP contribution in [0, 0.1) is 41.4 Å². The van der Waals surface area contributed by atoms with E-state index in [-0.39, 0.29) is 48.5 Å². The highest BCUT2D eigenvalue weighted by Crippen LogP contribution is 2.42. The summed E-state index contributed by atoms with van der Waals surface area (Å²) in [6, 6.07) is 0. The van der Waals surface area contributed by atoms with Gasteiger partial charge < -0.3 is 28.8 Å². The second kappa shape index (κ2) is 11.9. The highest BCUT2D eigenvalue weighted by Gasteiger charge is 2.50. The summed E-state index contributed by atoms with van der Waals surface area (Å²) in [5.41, 5.74) is 0. The van der Waals surface area contributed by atoms with Crippen molar-refractivity contribution in [2.45, 2.75) is 138 Å². The first-order valence-corrected chi connectivity index (χ1v) is 14.0. The van der Waals surface area contributed by atoms with Gasteiger partial charge in [-0.25, -0.2) is 0 Å². The molecule has 15 atom stereocenters. The van der Waals surface area contributed by atoms with Gasteiger partial charge in [-0.2, -0.15) is 0 Å². The molecule has 6 nitrogen and oxygen atoms in total. The summed E-state index contributed by atoms with van der Waals surface area (Å²) >= 11 is 0. The third kappa shape index (κ3) is 5.52. The summed E-state index contributed by atoms with van der Waals surface area (Å²) < 4.78 is 32.3. The normalized spacial score (nSPS) is 52.5. The molecule has 0 aromatic carbocycles. The molecule has 0 amide bonds. The van der Waals surface area contributed by atoms with Crippen molar-refractivity contribution in [3.05, 3.63) is 0 Å². The number of hydrogen-bond acceptors (Lipinski definition) is 6. The van der Waals surface area contributed by atoms with Gasteiger partial charge in [-0.3, -0.25) is 0 Å². The molecule has 0 aromatic rings. The van der Waals surface area contributed by atoms with Gasteiger partial charge in [0.2, 0.25) is 0 Å². The zero-order chi connectivity index (χ0) is 25.3. The number of ether oxygens (including phenoxy) is 5. The smallest absolute Gasteiger partial charge is 0.184 e. The lowest BCUT2D eigenvalue weighted by Crippen LogP contribution is -2.60. The van der Waals surface area contributed by atoms with Crippen LogP contribution in [0.3, 0.4) is 0 Å². The molecule has 3 aliphatic heterocycles. The average molecular weight is 485 g/mol. The molecule has 0 aliphatic carbocycles. The molecule has 200 valence electrons. The second-order valence-corrected chi connectivity index (χ2v) is 11.6. The Hall–Kier alpha value is -0.240. The fraction of sp³-hybridized carbons (Fsp3) is 1.00. The van der Waals surface area contributed by atoms with Gasteiger partial charge in [0.15, 0.2) is 18.9 Å². The van der Waals surface area contributed by atoms with E-state index in [0.29, 0.717) is 23.7 Å². The number of rotatable bonds is 7. The molecule has 3 aliphatic rings. The van der Waals surface area contributed by atoms with E-state index in [1.165, 1.54) is 0 Å². The van der Waals surface area contributed by atoms with Gasteiger partial charge in [0.25, 0.3) is 0 Å². The highest BCUT2D eigenvalue weighted by atomic mass is 16.7. The molecular weight excluding hydrogens is 432 g/mol. The molecule has 6 heteroatoms. The zero-order valence-corrected chi connectivity index (χ0v) is 23.3. The minimum Gasteiger partial charge on any atom is -0.366 e. The lowest BCUT2D eigenvalue weighted by atomic mass is 9.78. The summed E-state index contributed by atoms with van der Waals surface area (Å²) in [6.45, 7) is 22.1. The fourth-order valence-electron chi connectivity index (χ4n) is 6.40. The predicted octanol–water partition coefficient (Wildman–Crippen LogP) is 5.61. The maximum absolute atomic E-state index is 11.1. The molecule has 0 bridgehead atoms. The molecule has 3 rings (SSSR count). The van der Waals surface area contributed by atoms with Gasteiger partial charge >= 0.3 is 0 Å². The summed E-state index contributed by atoms with van der Waals surface area (Å²) in [5, 5.41) is 11.1. The summed E-state index contributed by atoms with van der Waals surface area (Å²) in [6.07, 6.45) is 0.171. The van der Waals surface area contributed by atoms with Crippen LogP contribution in [0.1, 0.15) is 88.5 Å². The quantitative estimate of drug-likeness (QED) is 0.507. The minimum absolute atomic E-state index is 0.0566. The van der Waals surface area contributed by atoms with Crippen molar-refractivity contribution in [1.82, 2.24) is 0 Å². The third-order valence-corrected chi connectivity index (χ3v) is 9.78. The average Bonchev–Trinajstić information content (AvgIpc) is 2.83. The minimum atomic E-state index is -1.06. The Balaban J connectivity index is 1.83.